The van der Waals surface area contributed by atoms with Gasteiger partial charge in [-0.3, -0.25) is 14.4 Å². The number of pyridine rings is 1. The molecule has 3 amide bonds. The molecular formula is C20H29N4O4-. The molecule has 2 heterocycles. The average Bonchev–Trinajstić information content (AvgIpc) is 3.20. The van der Waals surface area contributed by atoms with E-state index < -0.39 is 12.0 Å². The minimum atomic E-state index is -0.586. The van der Waals surface area contributed by atoms with Crippen molar-refractivity contribution in [3.63, 3.8) is 0 Å². The molecule has 8 heteroatoms. The third-order valence-electron chi connectivity index (χ3n) is 5.10. The van der Waals surface area contributed by atoms with Gasteiger partial charge in [-0.25, -0.2) is 4.98 Å². The lowest BCUT2D eigenvalue weighted by molar-refractivity contribution is -0.141. The highest BCUT2D eigenvalue weighted by molar-refractivity contribution is 5.97. The standard InChI is InChI=1S/C20H29N4O4/c1-3-5-7-16(13-23(28)14-25)20(27)24-11-6-8-17(24)19(26)22-18-12-15(4-2)9-10-21-18/h9-10,12,14,16-17H,3-8,11,13H2,1-2H3,(H,21,22,26)/q-1/t16-,17+/m1/s1. The number of nitrogens with one attached hydrogen (secondary N) is 1. The molecule has 0 bridgehead atoms. The van der Waals surface area contributed by atoms with Crippen molar-refractivity contribution in [3.8, 4) is 0 Å². The van der Waals surface area contributed by atoms with Crippen molar-refractivity contribution < 1.29 is 14.4 Å². The van der Waals surface area contributed by atoms with E-state index in [1.807, 2.05) is 26.0 Å². The zero-order chi connectivity index (χ0) is 20.5. The topological polar surface area (TPSA) is 106 Å². The van der Waals surface area contributed by atoms with Gasteiger partial charge in [0.25, 0.3) is 0 Å². The Morgan fingerprint density at radius 3 is 2.93 bits per heavy atom. The maximum Gasteiger partial charge on any atom is 0.248 e. The van der Waals surface area contributed by atoms with Gasteiger partial charge in [0.1, 0.15) is 11.9 Å². The molecule has 1 fully saturated rings. The van der Waals surface area contributed by atoms with Gasteiger partial charge >= 0.3 is 0 Å². The maximum atomic E-state index is 13.0. The highest BCUT2D eigenvalue weighted by Crippen LogP contribution is 2.24. The second kappa shape index (κ2) is 10.8. The molecule has 1 aliphatic heterocycles. The first-order valence-corrected chi connectivity index (χ1v) is 9.95. The summed E-state index contributed by atoms with van der Waals surface area (Å²) in [5.41, 5.74) is 1.06. The SMILES string of the molecule is CCCC[C@H](CN([O-])C=O)C(=O)N1CCC[C@H]1C(=O)Nc1cc(CC)ccn1. The Morgan fingerprint density at radius 1 is 1.46 bits per heavy atom. The number of hydrogen-bond donors (Lipinski definition) is 1. The van der Waals surface area contributed by atoms with E-state index in [0.29, 0.717) is 25.2 Å². The number of nitrogens with zero attached hydrogens (tertiary/aromatic N) is 3. The molecule has 0 aliphatic carbocycles. The molecule has 0 spiro atoms. The highest BCUT2D eigenvalue weighted by Gasteiger charge is 2.37. The number of hydroxylamine groups is 2. The summed E-state index contributed by atoms with van der Waals surface area (Å²) in [6, 6.07) is 3.13. The van der Waals surface area contributed by atoms with Crippen LogP contribution in [0.5, 0.6) is 0 Å². The Bertz CT molecular complexity index is 682. The van der Waals surface area contributed by atoms with E-state index in [9.17, 15) is 19.6 Å². The van der Waals surface area contributed by atoms with E-state index in [-0.39, 0.29) is 29.8 Å². The third-order valence-corrected chi connectivity index (χ3v) is 5.10. The molecule has 8 nitrogen and oxygen atoms in total. The number of rotatable bonds is 10. The van der Waals surface area contributed by atoms with Crippen LogP contribution in [0.2, 0.25) is 0 Å². The lowest BCUT2D eigenvalue weighted by Gasteiger charge is -2.32. The zero-order valence-corrected chi connectivity index (χ0v) is 16.6. The van der Waals surface area contributed by atoms with E-state index in [1.54, 1.807) is 11.1 Å². The summed E-state index contributed by atoms with van der Waals surface area (Å²) in [7, 11) is 0. The van der Waals surface area contributed by atoms with E-state index in [1.165, 1.54) is 0 Å². The van der Waals surface area contributed by atoms with E-state index in [0.717, 1.165) is 31.2 Å². The lowest BCUT2D eigenvalue weighted by Crippen LogP contribution is -2.47. The predicted molar refractivity (Wildman–Crippen MR) is 106 cm³/mol. The fraction of sp³-hybridized carbons (Fsp3) is 0.600. The Hall–Kier alpha value is -2.48. The second-order valence-electron chi connectivity index (χ2n) is 7.13. The molecule has 1 aromatic heterocycles. The summed E-state index contributed by atoms with van der Waals surface area (Å²) >= 11 is 0. The molecule has 1 aliphatic rings. The average molecular weight is 389 g/mol. The normalized spacial score (nSPS) is 17.2. The number of amides is 3. The maximum absolute atomic E-state index is 13.0. The first kappa shape index (κ1) is 21.8. The molecule has 28 heavy (non-hydrogen) atoms. The quantitative estimate of drug-likeness (QED) is 0.488. The first-order valence-electron chi connectivity index (χ1n) is 9.95. The summed E-state index contributed by atoms with van der Waals surface area (Å²) in [6.45, 7) is 4.32. The molecule has 1 aromatic rings. The molecule has 1 N–H and O–H groups in total. The minimum Gasteiger partial charge on any atom is -0.756 e. The number of hydrogen-bond acceptors (Lipinski definition) is 5. The number of unbranched alkanes of at least 4 members (excludes halogenated alkanes) is 1. The zero-order valence-electron chi connectivity index (χ0n) is 16.6. The molecule has 1 saturated heterocycles. The van der Waals surface area contributed by atoms with Gasteiger partial charge in [-0.1, -0.05) is 26.7 Å². The molecule has 154 valence electrons. The molecule has 2 atom stereocenters. The summed E-state index contributed by atoms with van der Waals surface area (Å²) < 4.78 is 0. The Balaban J connectivity index is 2.08. The van der Waals surface area contributed by atoms with Crippen molar-refractivity contribution in [2.24, 2.45) is 5.92 Å². The van der Waals surface area contributed by atoms with Gasteiger partial charge in [-0.2, -0.15) is 0 Å². The van der Waals surface area contributed by atoms with Crippen molar-refractivity contribution in [2.75, 3.05) is 18.4 Å². The molecule has 0 saturated carbocycles. The van der Waals surface area contributed by atoms with Gasteiger partial charge < -0.3 is 20.5 Å². The second-order valence-corrected chi connectivity index (χ2v) is 7.13. The van der Waals surface area contributed by atoms with Crippen LogP contribution in [0.15, 0.2) is 18.3 Å². The summed E-state index contributed by atoms with van der Waals surface area (Å²) in [5.74, 6) is -0.616. The number of anilines is 1. The number of likely N-dealkylation sites (tertiary alicyclic amines) is 1. The summed E-state index contributed by atoms with van der Waals surface area (Å²) in [5, 5.41) is 14.6. The summed E-state index contributed by atoms with van der Waals surface area (Å²) in [4.78, 5) is 42.2. The highest BCUT2D eigenvalue weighted by atomic mass is 16.5. The van der Waals surface area contributed by atoms with E-state index >= 15 is 0 Å². The minimum absolute atomic E-state index is 0.173. The van der Waals surface area contributed by atoms with Crippen LogP contribution in [0.4, 0.5) is 5.82 Å². The van der Waals surface area contributed by atoms with Gasteiger partial charge in [-0.05, 0) is 43.4 Å². The number of aryl methyl sites for hydroxylation is 1. The first-order chi connectivity index (χ1) is 13.5. The fourth-order valence-electron chi connectivity index (χ4n) is 3.51. The van der Waals surface area contributed by atoms with Crippen LogP contribution >= 0.6 is 0 Å². The van der Waals surface area contributed by atoms with Crippen molar-refractivity contribution in [1.29, 1.82) is 0 Å². The number of carbonyl (C=O) groups is 3. The predicted octanol–water partition coefficient (Wildman–Crippen LogP) is 2.34. The molecule has 0 aromatic carbocycles. The van der Waals surface area contributed by atoms with Crippen LogP contribution in [-0.4, -0.2) is 52.3 Å². The summed E-state index contributed by atoms with van der Waals surface area (Å²) in [6.07, 6.45) is 6.14. The van der Waals surface area contributed by atoms with Gasteiger partial charge in [0.15, 0.2) is 6.41 Å². The van der Waals surface area contributed by atoms with Gasteiger partial charge in [-0.15, -0.1) is 0 Å². The van der Waals surface area contributed by atoms with Crippen LogP contribution in [0.25, 0.3) is 0 Å². The fourth-order valence-corrected chi connectivity index (χ4v) is 3.51. The largest absolute Gasteiger partial charge is 0.756 e. The Labute approximate surface area is 165 Å². The number of aromatic nitrogens is 1. The third kappa shape index (κ3) is 5.76. The van der Waals surface area contributed by atoms with Crippen molar-refractivity contribution in [3.05, 3.63) is 29.1 Å². The van der Waals surface area contributed by atoms with Gasteiger partial charge in [0.2, 0.25) is 11.8 Å². The van der Waals surface area contributed by atoms with Crippen molar-refractivity contribution in [1.82, 2.24) is 14.9 Å². The lowest BCUT2D eigenvalue weighted by atomic mass is 9.99. The van der Waals surface area contributed by atoms with Crippen molar-refractivity contribution >= 4 is 24.0 Å². The van der Waals surface area contributed by atoms with Crippen LogP contribution in [-0.2, 0) is 20.8 Å². The molecular weight excluding hydrogens is 360 g/mol. The van der Waals surface area contributed by atoms with Crippen LogP contribution in [0.1, 0.15) is 51.5 Å². The smallest absolute Gasteiger partial charge is 0.248 e. The Kier molecular flexibility index (Phi) is 8.38. The van der Waals surface area contributed by atoms with Crippen molar-refractivity contribution in [2.45, 2.75) is 58.4 Å². The van der Waals surface area contributed by atoms with Crippen LogP contribution in [0, 0.1) is 11.1 Å². The van der Waals surface area contributed by atoms with Crippen LogP contribution in [0.3, 0.4) is 0 Å². The van der Waals surface area contributed by atoms with E-state index in [4.69, 9.17) is 0 Å². The number of carbonyl (C=O) groups excluding carboxylic acids is 3. The van der Waals surface area contributed by atoms with Crippen LogP contribution < -0.4 is 5.32 Å². The molecule has 0 radical (unpaired) electrons. The van der Waals surface area contributed by atoms with E-state index in [2.05, 4.69) is 10.3 Å². The van der Waals surface area contributed by atoms with Gasteiger partial charge in [0, 0.05) is 19.3 Å². The van der Waals surface area contributed by atoms with Gasteiger partial charge in [0.05, 0.1) is 5.92 Å². The Morgan fingerprint density at radius 2 is 2.25 bits per heavy atom. The monoisotopic (exact) mass is 389 g/mol. The molecule has 0 unspecified atom stereocenters. The molecule has 2 rings (SSSR count).